The molecule has 2 rings (SSSR count). The predicted octanol–water partition coefficient (Wildman–Crippen LogP) is 2.22. The van der Waals surface area contributed by atoms with Crippen molar-refractivity contribution < 1.29 is 0 Å². The van der Waals surface area contributed by atoms with Crippen molar-refractivity contribution in [3.63, 3.8) is 0 Å². The molecular weight excluding hydrogens is 236 g/mol. The summed E-state index contributed by atoms with van der Waals surface area (Å²) in [5.74, 6) is 1.45. The molecule has 4 heteroatoms. The molecule has 19 heavy (non-hydrogen) atoms. The highest BCUT2D eigenvalue weighted by Crippen LogP contribution is 2.17. The first-order valence-corrected chi connectivity index (χ1v) is 7.41. The summed E-state index contributed by atoms with van der Waals surface area (Å²) in [5, 5.41) is 0. The molecule has 0 bridgehead atoms. The van der Waals surface area contributed by atoms with Crippen LogP contribution in [0.2, 0.25) is 0 Å². The molecule has 0 amide bonds. The summed E-state index contributed by atoms with van der Waals surface area (Å²) in [7, 11) is 0. The van der Waals surface area contributed by atoms with Gasteiger partial charge in [-0.15, -0.1) is 0 Å². The molecular formula is C15H26N4. The Balaban J connectivity index is 1.83. The van der Waals surface area contributed by atoms with Crippen LogP contribution in [0.25, 0.3) is 0 Å². The highest BCUT2D eigenvalue weighted by molar-refractivity contribution is 5.48. The fraction of sp³-hybridized carbons (Fsp3) is 0.667. The largest absolute Gasteiger partial charge is 0.384 e. The minimum absolute atomic E-state index is 0.594. The fourth-order valence-corrected chi connectivity index (χ4v) is 2.69. The van der Waals surface area contributed by atoms with Crippen molar-refractivity contribution in [3.8, 4) is 0 Å². The van der Waals surface area contributed by atoms with E-state index in [4.69, 9.17) is 5.73 Å². The van der Waals surface area contributed by atoms with E-state index in [0.717, 1.165) is 32.1 Å². The van der Waals surface area contributed by atoms with Crippen molar-refractivity contribution in [2.75, 3.05) is 43.4 Å². The lowest BCUT2D eigenvalue weighted by Gasteiger charge is -2.37. The van der Waals surface area contributed by atoms with E-state index in [9.17, 15) is 0 Å². The Morgan fingerprint density at radius 3 is 2.37 bits per heavy atom. The first-order chi connectivity index (χ1) is 9.22. The van der Waals surface area contributed by atoms with Gasteiger partial charge < -0.3 is 10.6 Å². The highest BCUT2D eigenvalue weighted by Gasteiger charge is 2.19. The van der Waals surface area contributed by atoms with Gasteiger partial charge in [0.05, 0.1) is 11.9 Å². The number of nitrogen functional groups attached to an aromatic ring is 1. The molecule has 4 nitrogen and oxygen atoms in total. The second-order valence-corrected chi connectivity index (χ2v) is 5.41. The Hall–Kier alpha value is -1.29. The average molecular weight is 262 g/mol. The number of rotatable bonds is 5. The number of nitrogens with two attached hydrogens (primary N) is 1. The third kappa shape index (κ3) is 3.83. The van der Waals surface area contributed by atoms with E-state index in [-0.39, 0.29) is 0 Å². The highest BCUT2D eigenvalue weighted by atomic mass is 15.3. The summed E-state index contributed by atoms with van der Waals surface area (Å²) in [6.07, 6.45) is 4.46. The molecule has 1 fully saturated rings. The van der Waals surface area contributed by atoms with Crippen LogP contribution in [0, 0.1) is 5.92 Å². The number of hydrogen-bond donors (Lipinski definition) is 1. The van der Waals surface area contributed by atoms with Crippen molar-refractivity contribution in [3.05, 3.63) is 18.3 Å². The number of piperazine rings is 1. The summed E-state index contributed by atoms with van der Waals surface area (Å²) in [4.78, 5) is 9.17. The van der Waals surface area contributed by atoms with Gasteiger partial charge in [0.1, 0.15) is 5.82 Å². The van der Waals surface area contributed by atoms with Gasteiger partial charge in [0.15, 0.2) is 0 Å². The first-order valence-electron chi connectivity index (χ1n) is 7.41. The van der Waals surface area contributed by atoms with Gasteiger partial charge in [-0.2, -0.15) is 0 Å². The molecule has 1 aliphatic rings. The molecule has 0 atom stereocenters. The molecule has 1 aromatic heterocycles. The maximum absolute atomic E-state index is 5.63. The van der Waals surface area contributed by atoms with Crippen LogP contribution in [-0.4, -0.2) is 42.6 Å². The van der Waals surface area contributed by atoms with Gasteiger partial charge in [0, 0.05) is 32.7 Å². The molecule has 1 saturated heterocycles. The zero-order chi connectivity index (χ0) is 13.7. The van der Waals surface area contributed by atoms with Gasteiger partial charge in [-0.3, -0.25) is 4.90 Å². The predicted molar refractivity (Wildman–Crippen MR) is 81.4 cm³/mol. The smallest absolute Gasteiger partial charge is 0.123 e. The van der Waals surface area contributed by atoms with Crippen molar-refractivity contribution in [2.24, 2.45) is 5.92 Å². The Bertz CT molecular complexity index is 364. The van der Waals surface area contributed by atoms with Crippen LogP contribution < -0.4 is 10.6 Å². The Morgan fingerprint density at radius 1 is 1.16 bits per heavy atom. The zero-order valence-corrected chi connectivity index (χ0v) is 12.2. The zero-order valence-electron chi connectivity index (χ0n) is 12.2. The average Bonchev–Trinajstić information content (AvgIpc) is 2.46. The van der Waals surface area contributed by atoms with E-state index in [1.807, 2.05) is 12.3 Å². The molecule has 1 aromatic rings. The maximum Gasteiger partial charge on any atom is 0.123 e. The van der Waals surface area contributed by atoms with Gasteiger partial charge >= 0.3 is 0 Å². The van der Waals surface area contributed by atoms with Crippen LogP contribution in [0.15, 0.2) is 18.3 Å². The molecule has 2 N–H and O–H groups in total. The molecule has 0 aromatic carbocycles. The minimum Gasteiger partial charge on any atom is -0.384 e. The second kappa shape index (κ2) is 6.75. The number of pyridine rings is 1. The van der Waals surface area contributed by atoms with E-state index in [1.54, 1.807) is 0 Å². The lowest BCUT2D eigenvalue weighted by molar-refractivity contribution is 0.212. The summed E-state index contributed by atoms with van der Waals surface area (Å²) in [6, 6.07) is 3.95. The molecule has 1 aliphatic heterocycles. The minimum atomic E-state index is 0.594. The van der Waals surface area contributed by atoms with Gasteiger partial charge in [-0.25, -0.2) is 4.98 Å². The molecule has 0 unspecified atom stereocenters. The topological polar surface area (TPSA) is 45.4 Å². The lowest BCUT2D eigenvalue weighted by atomic mass is 10.0. The van der Waals surface area contributed by atoms with Gasteiger partial charge in [-0.1, -0.05) is 26.7 Å². The maximum atomic E-state index is 5.63. The normalized spacial score (nSPS) is 17.1. The summed E-state index contributed by atoms with van der Waals surface area (Å²) >= 11 is 0. The summed E-state index contributed by atoms with van der Waals surface area (Å²) in [6.45, 7) is 10.3. The summed E-state index contributed by atoms with van der Waals surface area (Å²) < 4.78 is 0. The molecule has 0 aliphatic carbocycles. The number of aromatic nitrogens is 1. The Morgan fingerprint density at radius 2 is 1.84 bits per heavy atom. The van der Waals surface area contributed by atoms with Crippen molar-refractivity contribution >= 4 is 11.5 Å². The lowest BCUT2D eigenvalue weighted by Crippen LogP contribution is -2.47. The van der Waals surface area contributed by atoms with Crippen molar-refractivity contribution in [1.29, 1.82) is 0 Å². The number of hydrogen-bond acceptors (Lipinski definition) is 4. The van der Waals surface area contributed by atoms with Crippen LogP contribution in [0.4, 0.5) is 11.5 Å². The van der Waals surface area contributed by atoms with Crippen LogP contribution >= 0.6 is 0 Å². The molecule has 2 heterocycles. The fourth-order valence-electron chi connectivity index (χ4n) is 2.69. The van der Waals surface area contributed by atoms with E-state index < -0.39 is 0 Å². The standard InChI is InChI=1S/C15H26N4/c1-3-13(4-2)12-18-7-9-19(10-8-18)14-5-6-15(16)17-11-14/h5-6,11,13H,3-4,7-10,12H2,1-2H3,(H2,16,17). The molecule has 0 radical (unpaired) electrons. The van der Waals surface area contributed by atoms with E-state index in [0.29, 0.717) is 5.82 Å². The van der Waals surface area contributed by atoms with E-state index >= 15 is 0 Å². The van der Waals surface area contributed by atoms with Gasteiger partial charge in [0.25, 0.3) is 0 Å². The Kier molecular flexibility index (Phi) is 5.02. The van der Waals surface area contributed by atoms with Gasteiger partial charge in [-0.05, 0) is 18.1 Å². The SMILES string of the molecule is CCC(CC)CN1CCN(c2ccc(N)nc2)CC1. The quantitative estimate of drug-likeness (QED) is 0.884. The van der Waals surface area contributed by atoms with E-state index in [1.165, 1.54) is 25.1 Å². The Labute approximate surface area is 116 Å². The van der Waals surface area contributed by atoms with Crippen LogP contribution in [0.5, 0.6) is 0 Å². The van der Waals surface area contributed by atoms with Crippen LogP contribution in [0.1, 0.15) is 26.7 Å². The number of anilines is 2. The van der Waals surface area contributed by atoms with Gasteiger partial charge in [0.2, 0.25) is 0 Å². The third-order valence-corrected chi connectivity index (χ3v) is 4.18. The van der Waals surface area contributed by atoms with Crippen molar-refractivity contribution in [2.45, 2.75) is 26.7 Å². The molecule has 0 saturated carbocycles. The molecule has 106 valence electrons. The number of nitrogens with zero attached hydrogens (tertiary/aromatic N) is 3. The summed E-state index contributed by atoms with van der Waals surface area (Å²) in [5.41, 5.74) is 6.82. The monoisotopic (exact) mass is 262 g/mol. The first kappa shape index (κ1) is 14.1. The third-order valence-electron chi connectivity index (χ3n) is 4.18. The second-order valence-electron chi connectivity index (χ2n) is 5.41. The van der Waals surface area contributed by atoms with Crippen molar-refractivity contribution in [1.82, 2.24) is 9.88 Å². The van der Waals surface area contributed by atoms with Crippen LogP contribution in [-0.2, 0) is 0 Å². The van der Waals surface area contributed by atoms with Crippen LogP contribution in [0.3, 0.4) is 0 Å². The van der Waals surface area contributed by atoms with E-state index in [2.05, 4.69) is 34.7 Å². The molecule has 0 spiro atoms.